The molecule has 424 valence electrons. The van der Waals surface area contributed by atoms with E-state index >= 15 is 14.4 Å². The van der Waals surface area contributed by atoms with E-state index in [1.54, 1.807) is 82.3 Å². The summed E-state index contributed by atoms with van der Waals surface area (Å²) in [5.41, 5.74) is -6.45. The van der Waals surface area contributed by atoms with Crippen LogP contribution >= 0.6 is 23.2 Å². The number of ether oxygens (including phenoxy) is 5. The first-order valence-electron chi connectivity index (χ1n) is 27.4. The molecule has 0 unspecified atom stereocenters. The van der Waals surface area contributed by atoms with Crippen molar-refractivity contribution in [3.63, 3.8) is 0 Å². The quantitative estimate of drug-likeness (QED) is 0.0469. The van der Waals surface area contributed by atoms with Gasteiger partial charge in [-0.2, -0.15) is 0 Å². The molecule has 1 amide bonds. The van der Waals surface area contributed by atoms with Crippen LogP contribution in [-0.2, 0) is 51.7 Å². The van der Waals surface area contributed by atoms with Crippen LogP contribution in [0.4, 0.5) is 0 Å². The third kappa shape index (κ3) is 11.0. The normalized spacial score (nSPS) is 28.3. The Kier molecular flexibility index (Phi) is 18.6. The van der Waals surface area contributed by atoms with Gasteiger partial charge in [0, 0.05) is 37.7 Å². The Morgan fingerprint density at radius 2 is 1.36 bits per heavy atom. The number of rotatable bonds is 20. The van der Waals surface area contributed by atoms with Gasteiger partial charge in [0.05, 0.1) is 45.7 Å². The maximum atomic E-state index is 16.7. The molecule has 11 atom stereocenters. The summed E-state index contributed by atoms with van der Waals surface area (Å²) in [6, 6.07) is 24.5. The van der Waals surface area contributed by atoms with Gasteiger partial charge in [0.25, 0.3) is 5.91 Å². The van der Waals surface area contributed by atoms with E-state index in [1.165, 1.54) is 32.0 Å². The number of carbonyl (C=O) groups excluding carboxylic acids is 6. The molecule has 0 spiro atoms. The van der Waals surface area contributed by atoms with Crippen LogP contribution in [0, 0.1) is 16.7 Å². The van der Waals surface area contributed by atoms with Crippen LogP contribution in [0.2, 0.25) is 46.3 Å². The number of fused-ring (bicyclic) bond motifs is 5. The Labute approximate surface area is 471 Å². The van der Waals surface area contributed by atoms with Gasteiger partial charge in [-0.25, -0.2) is 9.59 Å². The molecule has 3 fully saturated rings. The molecular formula is C59H77Cl2NO14Si2. The van der Waals surface area contributed by atoms with Crippen LogP contribution in [0.15, 0.2) is 90.0 Å². The molecule has 15 nitrogen and oxygen atoms in total. The maximum Gasteiger partial charge on any atom is 0.338 e. The third-order valence-corrected chi connectivity index (χ3v) is 28.2. The van der Waals surface area contributed by atoms with Gasteiger partial charge in [0.2, 0.25) is 0 Å². The summed E-state index contributed by atoms with van der Waals surface area (Å²) in [5.74, 6) is -6.03. The molecule has 0 aromatic heterocycles. The topological polar surface area (TPSA) is 199 Å². The highest BCUT2D eigenvalue weighted by molar-refractivity contribution is 6.74. The summed E-state index contributed by atoms with van der Waals surface area (Å²) in [6.07, 6.45) is -8.82. The van der Waals surface area contributed by atoms with E-state index in [0.29, 0.717) is 47.4 Å². The highest BCUT2D eigenvalue weighted by Gasteiger charge is 2.79. The molecule has 3 aliphatic carbocycles. The fraction of sp³-hybridized carbons (Fsp3) is 0.559. The summed E-state index contributed by atoms with van der Waals surface area (Å²) in [6.45, 7) is 20.9. The van der Waals surface area contributed by atoms with E-state index in [9.17, 15) is 19.5 Å². The highest BCUT2D eigenvalue weighted by atomic mass is 35.5. The average Bonchev–Trinajstić information content (AvgIpc) is 3.25. The van der Waals surface area contributed by atoms with Gasteiger partial charge in [0.15, 0.2) is 40.2 Å². The number of benzene rings is 3. The molecular weight excluding hydrogens is 1070 g/mol. The Balaban J connectivity index is 1.50. The molecule has 78 heavy (non-hydrogen) atoms. The fourth-order valence-corrected chi connectivity index (χ4v) is 19.1. The second kappa shape index (κ2) is 23.8. The lowest BCUT2D eigenvalue weighted by Gasteiger charge is -2.68. The van der Waals surface area contributed by atoms with E-state index in [1.807, 2.05) is 47.6 Å². The minimum atomic E-state index is -2.78. The van der Waals surface area contributed by atoms with Crippen LogP contribution in [0.25, 0.3) is 0 Å². The van der Waals surface area contributed by atoms with Crippen molar-refractivity contribution >= 4 is 75.4 Å². The molecule has 1 aliphatic heterocycles. The van der Waals surface area contributed by atoms with Crippen molar-refractivity contribution in [1.29, 1.82) is 0 Å². The highest BCUT2D eigenvalue weighted by Crippen LogP contribution is 2.65. The average molecular weight is 1150 g/mol. The van der Waals surface area contributed by atoms with Gasteiger partial charge in [-0.15, -0.1) is 0 Å². The Bertz CT molecular complexity index is 2760. The van der Waals surface area contributed by atoms with E-state index in [2.05, 4.69) is 5.32 Å². The van der Waals surface area contributed by atoms with E-state index < -0.39 is 129 Å². The van der Waals surface area contributed by atoms with Crippen LogP contribution in [0.1, 0.15) is 128 Å². The molecule has 0 radical (unpaired) electrons. The second-order valence-electron chi connectivity index (χ2n) is 22.3. The summed E-state index contributed by atoms with van der Waals surface area (Å²) >= 11 is 12.9. The van der Waals surface area contributed by atoms with Crippen molar-refractivity contribution in [2.75, 3.05) is 6.61 Å². The Morgan fingerprint density at radius 1 is 0.769 bits per heavy atom. The number of ketones is 1. The van der Waals surface area contributed by atoms with Crippen LogP contribution in [0.5, 0.6) is 0 Å². The van der Waals surface area contributed by atoms with Crippen molar-refractivity contribution in [2.24, 2.45) is 16.7 Å². The zero-order chi connectivity index (χ0) is 57.3. The molecule has 1 heterocycles. The van der Waals surface area contributed by atoms with Gasteiger partial charge >= 0.3 is 23.9 Å². The fourth-order valence-electron chi connectivity index (χ4n) is 13.1. The Morgan fingerprint density at radius 3 is 1.88 bits per heavy atom. The minimum absolute atomic E-state index is 0.0411. The summed E-state index contributed by atoms with van der Waals surface area (Å²) in [4.78, 5) is 89.0. The molecule has 2 N–H and O–H groups in total. The number of nitrogens with one attached hydrogen (secondary N) is 1. The van der Waals surface area contributed by atoms with Gasteiger partial charge in [-0.1, -0.05) is 127 Å². The van der Waals surface area contributed by atoms with Gasteiger partial charge in [-0.3, -0.25) is 19.2 Å². The van der Waals surface area contributed by atoms with Crippen LogP contribution < -0.4 is 5.32 Å². The van der Waals surface area contributed by atoms with Crippen molar-refractivity contribution in [1.82, 2.24) is 5.32 Å². The largest absolute Gasteiger partial charge is 0.456 e. The number of Topliss-reactive ketones (excluding diaryl/α,β-unsaturated/α-hetero) is 1. The van der Waals surface area contributed by atoms with E-state index in [-0.39, 0.29) is 39.8 Å². The number of aliphatic hydroxyl groups is 1. The zero-order valence-electron chi connectivity index (χ0n) is 47.0. The van der Waals surface area contributed by atoms with Gasteiger partial charge < -0.3 is 43.0 Å². The van der Waals surface area contributed by atoms with Crippen molar-refractivity contribution in [3.05, 3.63) is 117 Å². The number of esters is 4. The molecule has 7 rings (SSSR count). The summed E-state index contributed by atoms with van der Waals surface area (Å²) in [7, 11) is -5.47. The molecule has 19 heteroatoms. The van der Waals surface area contributed by atoms with Gasteiger partial charge in [-0.05, 0) is 97.2 Å². The SMILES string of the molecule is CC[Si](CC)(CC)O[C@H]1C[C@H]2OC[C@@]2(OC(C)=O)[C@H]2[C@H](OC(=O)c3ccc(Cl)c(Cl)c3)[C@]3(O)C[C@H](OC(=O)[C@H](O[Si](CC)(CC)CC)[C@@H](NC(=O)c4ccccc4)c4ccccc4)C(C)=C([C@@H](OC(C)=O)C(=O)[C@]12C)C3(C)C. The lowest BCUT2D eigenvalue weighted by atomic mass is 9.44. The van der Waals surface area contributed by atoms with Gasteiger partial charge in [0.1, 0.15) is 23.9 Å². The van der Waals surface area contributed by atoms with Crippen molar-refractivity contribution in [3.8, 4) is 0 Å². The Hall–Kier alpha value is -4.73. The number of amides is 1. The predicted octanol–water partition coefficient (Wildman–Crippen LogP) is 11.1. The summed E-state index contributed by atoms with van der Waals surface area (Å²) < 4.78 is 47.1. The standard InChI is InChI=1S/C59H77Cl2NO14Si2/c1-13-77(14-2,15-3)75-44-32-45-58(34-70-45,74-37(9)64)50-52(73-54(67)40-29-30-41(60)42(61)31-40)59(69)33-43(35(7)46(56(59,10)11)48(71-36(8)63)51(65)57(44,50)12)72-55(68)49(76-78(16-4,17-5)18-6)47(38-25-21-19-22-26-38)62-53(66)39-27-23-20-24-28-39/h19-31,43-45,47-50,52,69H,13-18,32-34H2,1-12H3,(H,62,66)/t43-,44-,45+,47-,48+,49+,50-,52-,57+,58-,59+/m0/s1. The lowest BCUT2D eigenvalue weighted by molar-refractivity contribution is -0.344. The van der Waals surface area contributed by atoms with Crippen LogP contribution in [0.3, 0.4) is 0 Å². The molecule has 3 aromatic rings. The first-order chi connectivity index (χ1) is 36.8. The monoisotopic (exact) mass is 1150 g/mol. The second-order valence-corrected chi connectivity index (χ2v) is 32.5. The molecule has 1 saturated heterocycles. The molecule has 4 aliphatic rings. The minimum Gasteiger partial charge on any atom is -0.456 e. The molecule has 2 bridgehead atoms. The zero-order valence-corrected chi connectivity index (χ0v) is 50.5. The first-order valence-corrected chi connectivity index (χ1v) is 33.2. The first kappa shape index (κ1) is 60.9. The smallest absolute Gasteiger partial charge is 0.338 e. The number of hydrogen-bond acceptors (Lipinski definition) is 14. The predicted molar refractivity (Wildman–Crippen MR) is 300 cm³/mol. The van der Waals surface area contributed by atoms with Crippen molar-refractivity contribution in [2.45, 2.75) is 186 Å². The van der Waals surface area contributed by atoms with E-state index in [4.69, 9.17) is 55.7 Å². The maximum absolute atomic E-state index is 16.7. The number of halogens is 2. The van der Waals surface area contributed by atoms with E-state index in [0.717, 1.165) is 0 Å². The lowest BCUT2D eigenvalue weighted by Crippen LogP contribution is -2.82. The van der Waals surface area contributed by atoms with Crippen molar-refractivity contribution < 1.29 is 66.4 Å². The third-order valence-electron chi connectivity index (χ3n) is 18.2. The summed E-state index contributed by atoms with van der Waals surface area (Å²) in [5, 5.41) is 17.8. The van der Waals surface area contributed by atoms with Crippen LogP contribution in [-0.4, -0.2) is 112 Å². The number of carbonyl (C=O) groups is 6. The molecule has 3 aromatic carbocycles. The molecule has 2 saturated carbocycles. The number of hydrogen-bond donors (Lipinski definition) is 2.